The monoisotopic (exact) mass is 250 g/mol. The molecule has 1 aliphatic heterocycles. The van der Waals surface area contributed by atoms with Crippen molar-refractivity contribution in [2.45, 2.75) is 6.42 Å². The molecule has 7 nitrogen and oxygen atoms in total. The second-order valence-corrected chi connectivity index (χ2v) is 3.81. The number of benzene rings is 1. The molecular formula is C11H10N2O5. The van der Waals surface area contributed by atoms with Gasteiger partial charge < -0.3 is 4.74 Å². The molecule has 1 aliphatic rings. The maximum Gasteiger partial charge on any atom is 0.293 e. The highest BCUT2D eigenvalue weighted by Gasteiger charge is 2.33. The number of rotatable bonds is 3. The van der Waals surface area contributed by atoms with Crippen LogP contribution in [-0.4, -0.2) is 30.3 Å². The highest BCUT2D eigenvalue weighted by Crippen LogP contribution is 2.33. The van der Waals surface area contributed by atoms with E-state index < -0.39 is 10.8 Å². The zero-order chi connectivity index (χ0) is 13.3. The van der Waals surface area contributed by atoms with Crippen LogP contribution in [0.25, 0.3) is 0 Å². The summed E-state index contributed by atoms with van der Waals surface area (Å²) in [4.78, 5) is 34.2. The number of nitrogens with zero attached hydrogens (tertiary/aromatic N) is 2. The molecule has 7 heteroatoms. The third-order valence-corrected chi connectivity index (χ3v) is 2.65. The predicted molar refractivity (Wildman–Crippen MR) is 61.6 cm³/mol. The Kier molecular flexibility index (Phi) is 2.97. The first-order valence-electron chi connectivity index (χ1n) is 5.17. The molecule has 0 unspecified atom stereocenters. The summed E-state index contributed by atoms with van der Waals surface area (Å²) >= 11 is 0. The number of carbonyl (C=O) groups is 2. The molecule has 0 bridgehead atoms. The molecule has 0 saturated carbocycles. The van der Waals surface area contributed by atoms with Gasteiger partial charge in [0.05, 0.1) is 25.0 Å². The molecule has 1 amide bonds. The van der Waals surface area contributed by atoms with Crippen molar-refractivity contribution in [1.82, 2.24) is 0 Å². The fourth-order valence-electron chi connectivity index (χ4n) is 1.80. The molecular weight excluding hydrogens is 240 g/mol. The van der Waals surface area contributed by atoms with Crippen LogP contribution in [0.15, 0.2) is 18.2 Å². The third kappa shape index (κ3) is 2.02. The molecule has 0 atom stereocenters. The van der Waals surface area contributed by atoms with Crippen molar-refractivity contribution < 1.29 is 19.2 Å². The maximum absolute atomic E-state index is 11.6. The molecule has 0 spiro atoms. The van der Waals surface area contributed by atoms with E-state index >= 15 is 0 Å². The average Bonchev–Trinajstić information content (AvgIpc) is 2.67. The topological polar surface area (TPSA) is 89.8 Å². The lowest BCUT2D eigenvalue weighted by Crippen LogP contribution is -2.25. The molecule has 2 rings (SSSR count). The minimum atomic E-state index is -0.592. The number of nitro benzene ring substituents is 1. The molecule has 0 radical (unpaired) electrons. The molecule has 0 aromatic heterocycles. The first-order chi connectivity index (χ1) is 8.52. The Bertz CT molecular complexity index is 540. The van der Waals surface area contributed by atoms with Crippen LogP contribution in [0, 0.1) is 10.1 Å². The summed E-state index contributed by atoms with van der Waals surface area (Å²) in [6, 6.07) is 4.07. The van der Waals surface area contributed by atoms with Crippen LogP contribution in [0.3, 0.4) is 0 Å². The van der Waals surface area contributed by atoms with Crippen LogP contribution >= 0.6 is 0 Å². The fraction of sp³-hybridized carbons (Fsp3) is 0.273. The van der Waals surface area contributed by atoms with Gasteiger partial charge in [-0.05, 0) is 6.07 Å². The number of anilines is 1. The Labute approximate surface area is 102 Å². The van der Waals surface area contributed by atoms with Crippen molar-refractivity contribution in [2.75, 3.05) is 18.6 Å². The summed E-state index contributed by atoms with van der Waals surface area (Å²) in [5.41, 5.74) is -0.131. The molecule has 1 heterocycles. The van der Waals surface area contributed by atoms with Gasteiger partial charge in [0.25, 0.3) is 5.69 Å². The van der Waals surface area contributed by atoms with Gasteiger partial charge >= 0.3 is 0 Å². The Morgan fingerprint density at radius 2 is 2.11 bits per heavy atom. The van der Waals surface area contributed by atoms with Gasteiger partial charge in [0, 0.05) is 12.1 Å². The van der Waals surface area contributed by atoms with E-state index in [1.807, 2.05) is 0 Å². The second kappa shape index (κ2) is 4.44. The van der Waals surface area contributed by atoms with Crippen LogP contribution in [-0.2, 0) is 9.59 Å². The van der Waals surface area contributed by atoms with Gasteiger partial charge in [-0.3, -0.25) is 24.6 Å². The normalized spacial score (nSPS) is 15.1. The number of ketones is 1. The molecule has 94 valence electrons. The predicted octanol–water partition coefficient (Wildman–Crippen LogP) is 0.909. The lowest BCUT2D eigenvalue weighted by atomic mass is 10.2. The Morgan fingerprint density at radius 1 is 1.39 bits per heavy atom. The number of carbonyl (C=O) groups excluding carboxylic acids is 2. The van der Waals surface area contributed by atoms with E-state index in [1.54, 1.807) is 0 Å². The molecule has 1 fully saturated rings. The molecule has 1 aromatic rings. The second-order valence-electron chi connectivity index (χ2n) is 3.81. The molecule has 1 aromatic carbocycles. The van der Waals surface area contributed by atoms with E-state index in [9.17, 15) is 19.7 Å². The van der Waals surface area contributed by atoms with Gasteiger partial charge in [0.15, 0.2) is 5.78 Å². The number of hydrogen-bond donors (Lipinski definition) is 0. The van der Waals surface area contributed by atoms with Gasteiger partial charge in [-0.25, -0.2) is 0 Å². The Morgan fingerprint density at radius 3 is 2.61 bits per heavy atom. The van der Waals surface area contributed by atoms with Crippen molar-refractivity contribution in [3.8, 4) is 5.75 Å². The van der Waals surface area contributed by atoms with E-state index in [-0.39, 0.29) is 30.1 Å². The summed E-state index contributed by atoms with van der Waals surface area (Å²) < 4.78 is 4.97. The summed E-state index contributed by atoms with van der Waals surface area (Å²) in [6.07, 6.45) is -0.214. The van der Waals surface area contributed by atoms with E-state index in [1.165, 1.54) is 25.3 Å². The number of amides is 1. The summed E-state index contributed by atoms with van der Waals surface area (Å²) in [6.45, 7) is -0.132. The largest absolute Gasteiger partial charge is 0.497 e. The van der Waals surface area contributed by atoms with Crippen molar-refractivity contribution in [1.29, 1.82) is 0 Å². The smallest absolute Gasteiger partial charge is 0.293 e. The lowest BCUT2D eigenvalue weighted by Gasteiger charge is -2.15. The number of methoxy groups -OCH3 is 1. The number of Topliss-reactive ketones (excluding diaryl/α,β-unsaturated/α-hetero) is 1. The van der Waals surface area contributed by atoms with Gasteiger partial charge in [-0.2, -0.15) is 0 Å². The van der Waals surface area contributed by atoms with E-state index in [0.29, 0.717) is 5.75 Å². The van der Waals surface area contributed by atoms with E-state index in [4.69, 9.17) is 4.74 Å². The first-order valence-corrected chi connectivity index (χ1v) is 5.17. The average molecular weight is 250 g/mol. The van der Waals surface area contributed by atoms with Gasteiger partial charge in [0.2, 0.25) is 5.91 Å². The van der Waals surface area contributed by atoms with Gasteiger partial charge in [-0.15, -0.1) is 0 Å². The summed E-state index contributed by atoms with van der Waals surface area (Å²) in [5.74, 6) is -0.295. The summed E-state index contributed by atoms with van der Waals surface area (Å²) in [7, 11) is 1.42. The van der Waals surface area contributed by atoms with Crippen LogP contribution in [0.5, 0.6) is 5.75 Å². The zero-order valence-corrected chi connectivity index (χ0v) is 9.58. The standard InChI is InChI=1S/C11H10N2O5/c1-18-8-2-3-9(13(16)17)10(5-8)12-6-7(14)4-11(12)15/h2-3,5H,4,6H2,1H3. The van der Waals surface area contributed by atoms with Crippen LogP contribution in [0.2, 0.25) is 0 Å². The summed E-state index contributed by atoms with van der Waals surface area (Å²) in [5, 5.41) is 10.9. The lowest BCUT2D eigenvalue weighted by molar-refractivity contribution is -0.384. The first kappa shape index (κ1) is 12.0. The van der Waals surface area contributed by atoms with Crippen molar-refractivity contribution >= 4 is 23.1 Å². The minimum absolute atomic E-state index is 0.0928. The van der Waals surface area contributed by atoms with Crippen LogP contribution in [0.1, 0.15) is 6.42 Å². The Balaban J connectivity index is 2.50. The SMILES string of the molecule is COc1ccc([N+](=O)[O-])c(N2CC(=O)CC2=O)c1. The molecule has 1 saturated heterocycles. The third-order valence-electron chi connectivity index (χ3n) is 2.65. The fourth-order valence-corrected chi connectivity index (χ4v) is 1.80. The quantitative estimate of drug-likeness (QED) is 0.452. The number of ether oxygens (including phenoxy) is 1. The number of nitro groups is 1. The van der Waals surface area contributed by atoms with Crippen LogP contribution in [0.4, 0.5) is 11.4 Å². The maximum atomic E-state index is 11.6. The van der Waals surface area contributed by atoms with Crippen molar-refractivity contribution in [2.24, 2.45) is 0 Å². The van der Waals surface area contributed by atoms with Crippen molar-refractivity contribution in [3.63, 3.8) is 0 Å². The Hall–Kier alpha value is -2.44. The van der Waals surface area contributed by atoms with E-state index in [2.05, 4.69) is 0 Å². The van der Waals surface area contributed by atoms with Crippen molar-refractivity contribution in [3.05, 3.63) is 28.3 Å². The van der Waals surface area contributed by atoms with Crippen LogP contribution < -0.4 is 9.64 Å². The molecule has 0 aliphatic carbocycles. The minimum Gasteiger partial charge on any atom is -0.497 e. The number of hydrogen-bond acceptors (Lipinski definition) is 5. The van der Waals surface area contributed by atoms with E-state index in [0.717, 1.165) is 4.90 Å². The molecule has 0 N–H and O–H groups in total. The molecule has 18 heavy (non-hydrogen) atoms. The highest BCUT2D eigenvalue weighted by atomic mass is 16.6. The zero-order valence-electron chi connectivity index (χ0n) is 9.58. The highest BCUT2D eigenvalue weighted by molar-refractivity contribution is 6.15. The van der Waals surface area contributed by atoms with Gasteiger partial charge in [0.1, 0.15) is 11.4 Å². The van der Waals surface area contributed by atoms with Gasteiger partial charge in [-0.1, -0.05) is 0 Å².